The van der Waals surface area contributed by atoms with Gasteiger partial charge in [-0.25, -0.2) is 4.79 Å². The topological polar surface area (TPSA) is 97.4 Å². The summed E-state index contributed by atoms with van der Waals surface area (Å²) in [6, 6.07) is 0. The van der Waals surface area contributed by atoms with Crippen LogP contribution in [-0.4, -0.2) is 93.5 Å². The van der Waals surface area contributed by atoms with E-state index in [2.05, 4.69) is 67.1 Å². The zero-order valence-electron chi connectivity index (χ0n) is 38.7. The van der Waals surface area contributed by atoms with Crippen molar-refractivity contribution in [1.29, 1.82) is 0 Å². The van der Waals surface area contributed by atoms with Gasteiger partial charge in [-0.05, 0) is 84.3 Å². The Morgan fingerprint density at radius 3 is 1.41 bits per heavy atom. The molecule has 0 spiro atoms. The Morgan fingerprint density at radius 2 is 0.948 bits per heavy atom. The molecule has 1 amide bonds. The van der Waals surface area contributed by atoms with Crippen LogP contribution < -0.4 is 5.32 Å². The van der Waals surface area contributed by atoms with E-state index in [-0.39, 0.29) is 31.7 Å². The standard InChI is InChI=1S/C49H93N3O6/c1-6-10-12-14-16-18-20-22-24-26-28-30-32-34-36-38-47(53)57-45-46(44-50-49(55)56-43-42-51(5)40-41-52(8-3)9-4)58-48(54)39-37-35-33-31-29-27-25-23-21-19-17-15-13-11-7-2/h22-25,46H,6-21,26-45H2,1-5H3,(H,50,55). The third-order valence-electron chi connectivity index (χ3n) is 10.9. The SMILES string of the molecule is CCCCCCCCC=CCCCCCCCC(=O)OCC(CNC(=O)OCCN(C)CCN(CC)CC)OC(=O)CCCCCCCC=CCCCCCCCC. The van der Waals surface area contributed by atoms with Gasteiger partial charge in [-0.1, -0.05) is 155 Å². The van der Waals surface area contributed by atoms with Gasteiger partial charge in [-0.2, -0.15) is 0 Å². The average Bonchev–Trinajstić information content (AvgIpc) is 3.22. The van der Waals surface area contributed by atoms with Crippen LogP contribution in [0.5, 0.6) is 0 Å². The molecule has 0 saturated heterocycles. The summed E-state index contributed by atoms with van der Waals surface area (Å²) >= 11 is 0. The number of nitrogens with zero attached hydrogens (tertiary/aromatic N) is 2. The fraction of sp³-hybridized carbons (Fsp3) is 0.857. The van der Waals surface area contributed by atoms with Gasteiger partial charge in [0.2, 0.25) is 0 Å². The van der Waals surface area contributed by atoms with Crippen LogP contribution in [0.25, 0.3) is 0 Å². The minimum absolute atomic E-state index is 0.0232. The smallest absolute Gasteiger partial charge is 0.407 e. The Morgan fingerprint density at radius 1 is 0.517 bits per heavy atom. The highest BCUT2D eigenvalue weighted by atomic mass is 16.6. The number of allylic oxidation sites excluding steroid dienone is 4. The van der Waals surface area contributed by atoms with E-state index in [9.17, 15) is 14.4 Å². The molecule has 9 nitrogen and oxygen atoms in total. The molecular weight excluding hydrogens is 727 g/mol. The highest BCUT2D eigenvalue weighted by molar-refractivity contribution is 5.70. The number of ether oxygens (including phenoxy) is 3. The lowest BCUT2D eigenvalue weighted by Crippen LogP contribution is -2.39. The molecule has 340 valence electrons. The largest absolute Gasteiger partial charge is 0.462 e. The average molecular weight is 820 g/mol. The van der Waals surface area contributed by atoms with Gasteiger partial charge in [0.05, 0.1) is 6.54 Å². The van der Waals surface area contributed by atoms with Crippen LogP contribution in [0.15, 0.2) is 24.3 Å². The molecule has 0 radical (unpaired) electrons. The van der Waals surface area contributed by atoms with E-state index in [1.807, 2.05) is 7.05 Å². The molecule has 0 bridgehead atoms. The number of hydrogen-bond acceptors (Lipinski definition) is 8. The maximum Gasteiger partial charge on any atom is 0.407 e. The van der Waals surface area contributed by atoms with Crippen molar-refractivity contribution in [1.82, 2.24) is 15.1 Å². The van der Waals surface area contributed by atoms with Gasteiger partial charge in [-0.15, -0.1) is 0 Å². The fourth-order valence-electron chi connectivity index (χ4n) is 6.82. The Labute approximate surface area is 358 Å². The van der Waals surface area contributed by atoms with E-state index in [0.717, 1.165) is 84.0 Å². The van der Waals surface area contributed by atoms with Gasteiger partial charge in [0.25, 0.3) is 0 Å². The van der Waals surface area contributed by atoms with Crippen molar-refractivity contribution in [2.24, 2.45) is 0 Å². The third-order valence-corrected chi connectivity index (χ3v) is 10.9. The van der Waals surface area contributed by atoms with Crippen molar-refractivity contribution >= 4 is 18.0 Å². The molecule has 1 N–H and O–H groups in total. The van der Waals surface area contributed by atoms with Crippen LogP contribution in [0.4, 0.5) is 4.79 Å². The molecule has 0 fully saturated rings. The lowest BCUT2D eigenvalue weighted by molar-refractivity contribution is -0.158. The van der Waals surface area contributed by atoms with Gasteiger partial charge in [0, 0.05) is 32.5 Å². The summed E-state index contributed by atoms with van der Waals surface area (Å²) < 4.78 is 16.6. The van der Waals surface area contributed by atoms with E-state index in [4.69, 9.17) is 14.2 Å². The summed E-state index contributed by atoms with van der Waals surface area (Å²) in [5.74, 6) is -0.632. The number of alkyl carbamates (subject to hydrolysis) is 1. The van der Waals surface area contributed by atoms with Crippen molar-refractivity contribution in [2.45, 2.75) is 214 Å². The second kappa shape index (κ2) is 44.2. The molecule has 0 aliphatic carbocycles. The second-order valence-corrected chi connectivity index (χ2v) is 16.3. The molecule has 0 saturated carbocycles. The van der Waals surface area contributed by atoms with Crippen molar-refractivity contribution < 1.29 is 28.6 Å². The molecule has 0 aliphatic heterocycles. The molecule has 0 rings (SSSR count). The Bertz CT molecular complexity index is 985. The van der Waals surface area contributed by atoms with Crippen molar-refractivity contribution in [2.75, 3.05) is 59.5 Å². The summed E-state index contributed by atoms with van der Waals surface area (Å²) in [4.78, 5) is 42.3. The molecule has 0 aliphatic rings. The van der Waals surface area contributed by atoms with E-state index >= 15 is 0 Å². The number of hydrogen-bond donors (Lipinski definition) is 1. The maximum atomic E-state index is 12.8. The summed E-state index contributed by atoms with van der Waals surface area (Å²) in [6.45, 7) is 13.5. The molecule has 1 atom stereocenters. The third kappa shape index (κ3) is 40.4. The number of nitrogens with one attached hydrogen (secondary N) is 1. The van der Waals surface area contributed by atoms with Gasteiger partial charge in [0.1, 0.15) is 13.2 Å². The Hall–Kier alpha value is -2.39. The number of rotatable bonds is 43. The number of carbonyl (C=O) groups excluding carboxylic acids is 3. The van der Waals surface area contributed by atoms with Crippen LogP contribution >= 0.6 is 0 Å². The minimum atomic E-state index is -0.766. The molecule has 0 aromatic carbocycles. The number of amides is 1. The van der Waals surface area contributed by atoms with Crippen LogP contribution in [0.2, 0.25) is 0 Å². The molecule has 0 aromatic rings. The number of carbonyl (C=O) groups is 3. The van der Waals surface area contributed by atoms with Crippen molar-refractivity contribution in [3.8, 4) is 0 Å². The van der Waals surface area contributed by atoms with Crippen LogP contribution in [0, 0.1) is 0 Å². The van der Waals surface area contributed by atoms with Gasteiger partial charge in [-0.3, -0.25) is 9.59 Å². The van der Waals surface area contributed by atoms with Gasteiger partial charge < -0.3 is 29.3 Å². The van der Waals surface area contributed by atoms with E-state index in [1.165, 1.54) is 109 Å². The number of esters is 2. The Kier molecular flexibility index (Phi) is 42.3. The second-order valence-electron chi connectivity index (χ2n) is 16.3. The molecular formula is C49H93N3O6. The first-order valence-corrected chi connectivity index (χ1v) is 24.3. The predicted octanol–water partition coefficient (Wildman–Crippen LogP) is 12.5. The monoisotopic (exact) mass is 820 g/mol. The van der Waals surface area contributed by atoms with Gasteiger partial charge in [0.15, 0.2) is 6.10 Å². The van der Waals surface area contributed by atoms with E-state index in [0.29, 0.717) is 19.4 Å². The van der Waals surface area contributed by atoms with Crippen molar-refractivity contribution in [3.05, 3.63) is 24.3 Å². The van der Waals surface area contributed by atoms with Crippen LogP contribution in [-0.2, 0) is 23.8 Å². The fourth-order valence-corrected chi connectivity index (χ4v) is 6.82. The molecule has 9 heteroatoms. The zero-order chi connectivity index (χ0) is 42.6. The summed E-state index contributed by atoms with van der Waals surface area (Å²) in [6.07, 6.45) is 39.7. The van der Waals surface area contributed by atoms with E-state index in [1.54, 1.807) is 0 Å². The van der Waals surface area contributed by atoms with E-state index < -0.39 is 12.2 Å². The zero-order valence-corrected chi connectivity index (χ0v) is 38.7. The highest BCUT2D eigenvalue weighted by Gasteiger charge is 2.19. The molecule has 0 aromatic heterocycles. The van der Waals surface area contributed by atoms with Crippen LogP contribution in [0.1, 0.15) is 207 Å². The van der Waals surface area contributed by atoms with Crippen molar-refractivity contribution in [3.63, 3.8) is 0 Å². The Balaban J connectivity index is 4.45. The first-order valence-electron chi connectivity index (χ1n) is 24.3. The molecule has 1 unspecified atom stereocenters. The van der Waals surface area contributed by atoms with Gasteiger partial charge >= 0.3 is 18.0 Å². The predicted molar refractivity (Wildman–Crippen MR) is 244 cm³/mol. The summed E-state index contributed by atoms with van der Waals surface area (Å²) in [5, 5.41) is 2.71. The first-order chi connectivity index (χ1) is 28.4. The number of likely N-dealkylation sites (N-methyl/N-ethyl adjacent to an activating group) is 2. The maximum absolute atomic E-state index is 12.8. The lowest BCUT2D eigenvalue weighted by atomic mass is 10.1. The molecule has 58 heavy (non-hydrogen) atoms. The summed E-state index contributed by atoms with van der Waals surface area (Å²) in [5.41, 5.74) is 0. The normalized spacial score (nSPS) is 12.3. The first kappa shape index (κ1) is 55.6. The lowest BCUT2D eigenvalue weighted by Gasteiger charge is -2.23. The highest BCUT2D eigenvalue weighted by Crippen LogP contribution is 2.13. The summed E-state index contributed by atoms with van der Waals surface area (Å²) in [7, 11) is 2.02. The minimum Gasteiger partial charge on any atom is -0.462 e. The number of unbranched alkanes of at least 4 members (excludes halogenated alkanes) is 22. The van der Waals surface area contributed by atoms with Crippen LogP contribution in [0.3, 0.4) is 0 Å². The molecule has 0 heterocycles. The quantitative estimate of drug-likeness (QED) is 0.0281.